The summed E-state index contributed by atoms with van der Waals surface area (Å²) < 4.78 is 7.46. The average molecular weight is 240 g/mol. The summed E-state index contributed by atoms with van der Waals surface area (Å²) in [6.07, 6.45) is 2.08. The molecule has 18 heavy (non-hydrogen) atoms. The van der Waals surface area contributed by atoms with Crippen molar-refractivity contribution in [1.82, 2.24) is 9.38 Å². The van der Waals surface area contributed by atoms with Crippen LogP contribution in [-0.4, -0.2) is 16.5 Å². The quantitative estimate of drug-likeness (QED) is 0.684. The highest BCUT2D eigenvalue weighted by molar-refractivity contribution is 5.81. The van der Waals surface area contributed by atoms with Crippen molar-refractivity contribution in [3.8, 4) is 5.75 Å². The molecule has 0 aliphatic rings. The van der Waals surface area contributed by atoms with E-state index < -0.39 is 0 Å². The number of aromatic nitrogens is 2. The van der Waals surface area contributed by atoms with Crippen molar-refractivity contribution in [3.63, 3.8) is 0 Å². The van der Waals surface area contributed by atoms with Crippen LogP contribution < -0.4 is 4.74 Å². The second-order valence-electron chi connectivity index (χ2n) is 4.77. The van der Waals surface area contributed by atoms with Crippen LogP contribution in [-0.2, 0) is 0 Å². The Kier molecular flexibility index (Phi) is 2.47. The maximum atomic E-state index is 5.27. The Labute approximate surface area is 106 Å². The van der Waals surface area contributed by atoms with E-state index in [1.807, 2.05) is 12.1 Å². The maximum absolute atomic E-state index is 5.27. The predicted molar refractivity (Wildman–Crippen MR) is 73.3 cm³/mol. The molecule has 3 rings (SSSR count). The summed E-state index contributed by atoms with van der Waals surface area (Å²) in [6.45, 7) is 4.34. The van der Waals surface area contributed by atoms with Gasteiger partial charge in [0.1, 0.15) is 5.75 Å². The molecule has 0 fully saturated rings. The van der Waals surface area contributed by atoms with Gasteiger partial charge in [-0.15, -0.1) is 0 Å². The van der Waals surface area contributed by atoms with Crippen LogP contribution >= 0.6 is 0 Å². The van der Waals surface area contributed by atoms with E-state index in [1.54, 1.807) is 7.11 Å². The van der Waals surface area contributed by atoms with E-state index >= 15 is 0 Å². The van der Waals surface area contributed by atoms with Crippen molar-refractivity contribution in [3.05, 3.63) is 42.2 Å². The fourth-order valence-electron chi connectivity index (χ4n) is 2.34. The zero-order valence-corrected chi connectivity index (χ0v) is 10.8. The third kappa shape index (κ3) is 1.55. The Morgan fingerprint density at radius 3 is 2.72 bits per heavy atom. The summed E-state index contributed by atoms with van der Waals surface area (Å²) in [7, 11) is 1.68. The molecule has 3 aromatic rings. The minimum Gasteiger partial charge on any atom is -0.497 e. The van der Waals surface area contributed by atoms with Gasteiger partial charge in [0.25, 0.3) is 0 Å². The van der Waals surface area contributed by atoms with Gasteiger partial charge in [-0.25, -0.2) is 4.98 Å². The van der Waals surface area contributed by atoms with E-state index in [-0.39, 0.29) is 0 Å². The molecule has 92 valence electrons. The van der Waals surface area contributed by atoms with E-state index in [4.69, 9.17) is 9.72 Å². The molecule has 1 aromatic carbocycles. The topological polar surface area (TPSA) is 26.5 Å². The molecular weight excluding hydrogens is 224 g/mol. The Morgan fingerprint density at radius 2 is 2.00 bits per heavy atom. The highest BCUT2D eigenvalue weighted by Crippen LogP contribution is 2.26. The number of rotatable bonds is 2. The van der Waals surface area contributed by atoms with E-state index in [0.717, 1.165) is 22.5 Å². The van der Waals surface area contributed by atoms with Gasteiger partial charge in [0.15, 0.2) is 0 Å². The largest absolute Gasteiger partial charge is 0.497 e. The van der Waals surface area contributed by atoms with Gasteiger partial charge in [-0.3, -0.25) is 0 Å². The average Bonchev–Trinajstić information content (AvgIpc) is 2.85. The number of fused-ring (bicyclic) bond motifs is 3. The van der Waals surface area contributed by atoms with Gasteiger partial charge in [0.05, 0.1) is 29.4 Å². The van der Waals surface area contributed by atoms with Gasteiger partial charge in [-0.1, -0.05) is 13.8 Å². The van der Waals surface area contributed by atoms with Gasteiger partial charge in [-0.2, -0.15) is 0 Å². The van der Waals surface area contributed by atoms with Gasteiger partial charge < -0.3 is 9.14 Å². The number of benzene rings is 1. The monoisotopic (exact) mass is 240 g/mol. The fraction of sp³-hybridized carbons (Fsp3) is 0.267. The molecule has 3 heteroatoms. The molecule has 0 amide bonds. The zero-order valence-electron chi connectivity index (χ0n) is 10.8. The van der Waals surface area contributed by atoms with Crippen LogP contribution in [0.4, 0.5) is 0 Å². The molecule has 0 saturated heterocycles. The van der Waals surface area contributed by atoms with Gasteiger partial charge in [0.2, 0.25) is 0 Å². The number of methoxy groups -OCH3 is 1. The van der Waals surface area contributed by atoms with Crippen LogP contribution in [0.2, 0.25) is 0 Å². The van der Waals surface area contributed by atoms with Crippen molar-refractivity contribution in [1.29, 1.82) is 0 Å². The summed E-state index contributed by atoms with van der Waals surface area (Å²) in [5, 5.41) is 0. The second kappa shape index (κ2) is 4.02. The fourth-order valence-corrected chi connectivity index (χ4v) is 2.34. The first-order valence-electron chi connectivity index (χ1n) is 6.15. The van der Waals surface area contributed by atoms with Crippen LogP contribution in [0.1, 0.15) is 25.5 Å². The Bertz CT molecular complexity index is 713. The summed E-state index contributed by atoms with van der Waals surface area (Å²) >= 11 is 0. The zero-order chi connectivity index (χ0) is 12.7. The molecule has 3 nitrogen and oxygen atoms in total. The molecule has 0 bridgehead atoms. The molecule has 0 N–H and O–H groups in total. The molecule has 0 radical (unpaired) electrons. The van der Waals surface area contributed by atoms with Crippen LogP contribution in [0.15, 0.2) is 36.5 Å². The Morgan fingerprint density at radius 1 is 1.17 bits per heavy atom. The van der Waals surface area contributed by atoms with Crippen LogP contribution in [0, 0.1) is 0 Å². The Balaban J connectivity index is 2.43. The number of ether oxygens (including phenoxy) is 1. The molecule has 0 saturated carbocycles. The van der Waals surface area contributed by atoms with E-state index in [1.165, 1.54) is 5.52 Å². The van der Waals surface area contributed by atoms with Crippen LogP contribution in [0.5, 0.6) is 5.75 Å². The highest BCUT2D eigenvalue weighted by atomic mass is 16.5. The number of hydrogen-bond donors (Lipinski definition) is 0. The van der Waals surface area contributed by atoms with Gasteiger partial charge >= 0.3 is 0 Å². The molecule has 0 unspecified atom stereocenters. The normalized spacial score (nSPS) is 11.6. The molecule has 0 aliphatic heterocycles. The van der Waals surface area contributed by atoms with E-state index in [9.17, 15) is 0 Å². The van der Waals surface area contributed by atoms with Gasteiger partial charge in [0, 0.05) is 12.3 Å². The first-order valence-corrected chi connectivity index (χ1v) is 6.15. The van der Waals surface area contributed by atoms with Gasteiger partial charge in [-0.05, 0) is 30.2 Å². The molecular formula is C15H16N2O. The van der Waals surface area contributed by atoms with Crippen molar-refractivity contribution < 1.29 is 4.74 Å². The third-order valence-corrected chi connectivity index (χ3v) is 3.24. The Hall–Kier alpha value is -2.03. The maximum Gasteiger partial charge on any atom is 0.121 e. The molecule has 2 aromatic heterocycles. The minimum absolute atomic E-state index is 0.401. The first-order chi connectivity index (χ1) is 8.70. The highest BCUT2D eigenvalue weighted by Gasteiger charge is 2.11. The van der Waals surface area contributed by atoms with Crippen molar-refractivity contribution >= 4 is 16.6 Å². The lowest BCUT2D eigenvalue weighted by molar-refractivity contribution is 0.415. The summed E-state index contributed by atoms with van der Waals surface area (Å²) in [5.41, 5.74) is 4.39. The number of hydrogen-bond acceptors (Lipinski definition) is 2. The first kappa shape index (κ1) is 11.1. The molecule has 0 atom stereocenters. The van der Waals surface area contributed by atoms with Crippen molar-refractivity contribution in [2.24, 2.45) is 0 Å². The molecule has 2 heterocycles. The lowest BCUT2D eigenvalue weighted by Gasteiger charge is -2.11. The summed E-state index contributed by atoms with van der Waals surface area (Å²) in [5.74, 6) is 1.24. The summed E-state index contributed by atoms with van der Waals surface area (Å²) in [6, 6.07) is 10.2. The SMILES string of the molecule is COc1ccc2c(c1)nc(C(C)C)c1cccn12. The number of nitrogens with zero attached hydrogens (tertiary/aromatic N) is 2. The predicted octanol–water partition coefficient (Wildman–Crippen LogP) is 3.62. The lowest BCUT2D eigenvalue weighted by atomic mass is 10.1. The smallest absolute Gasteiger partial charge is 0.121 e. The third-order valence-electron chi connectivity index (χ3n) is 3.24. The van der Waals surface area contributed by atoms with E-state index in [0.29, 0.717) is 5.92 Å². The molecule has 0 spiro atoms. The molecule has 0 aliphatic carbocycles. The van der Waals surface area contributed by atoms with E-state index in [2.05, 4.69) is 42.6 Å². The van der Waals surface area contributed by atoms with Crippen molar-refractivity contribution in [2.75, 3.05) is 7.11 Å². The van der Waals surface area contributed by atoms with Crippen molar-refractivity contribution in [2.45, 2.75) is 19.8 Å². The second-order valence-corrected chi connectivity index (χ2v) is 4.77. The van der Waals surface area contributed by atoms with Crippen LogP contribution in [0.25, 0.3) is 16.6 Å². The lowest BCUT2D eigenvalue weighted by Crippen LogP contribution is -1.99. The standard InChI is InChI=1S/C15H16N2O/c1-10(2)15-14-5-4-8-17(14)13-7-6-11(18-3)9-12(13)16-15/h4-10H,1-3H3. The summed E-state index contributed by atoms with van der Waals surface area (Å²) in [4.78, 5) is 4.78. The van der Waals surface area contributed by atoms with Crippen LogP contribution in [0.3, 0.4) is 0 Å². The minimum atomic E-state index is 0.401.